The van der Waals surface area contributed by atoms with Crippen LogP contribution in [0.15, 0.2) is 89.7 Å². The molecule has 5 aromatic rings. The second kappa shape index (κ2) is 10.3. The van der Waals surface area contributed by atoms with Gasteiger partial charge in [0.05, 0.1) is 20.2 Å². The molecule has 1 N–H and O–H groups in total. The van der Waals surface area contributed by atoms with Crippen LogP contribution < -0.4 is 10.3 Å². The molecule has 8 nitrogen and oxygen atoms in total. The molecule has 5 rings (SSSR count). The number of tetrazole rings is 1. The molecule has 0 aliphatic heterocycles. The number of aromatic nitrogens is 5. The first-order chi connectivity index (χ1) is 17.2. The maximum Gasteiger partial charge on any atom is 0.252 e. The average Bonchev–Trinajstić information content (AvgIpc) is 3.31. The molecule has 0 saturated heterocycles. The van der Waals surface area contributed by atoms with Gasteiger partial charge >= 0.3 is 0 Å². The van der Waals surface area contributed by atoms with E-state index < -0.39 is 0 Å². The topological polar surface area (TPSA) is 88.9 Å². The van der Waals surface area contributed by atoms with Crippen molar-refractivity contribution in [2.24, 2.45) is 0 Å². The van der Waals surface area contributed by atoms with E-state index in [4.69, 9.17) is 4.74 Å². The normalized spacial score (nSPS) is 11.3. The summed E-state index contributed by atoms with van der Waals surface area (Å²) in [7, 11) is 1.63. The molecule has 0 saturated carbocycles. The average molecular weight is 467 g/mol. The zero-order valence-corrected chi connectivity index (χ0v) is 19.5. The fourth-order valence-corrected chi connectivity index (χ4v) is 4.14. The third kappa shape index (κ3) is 5.44. The number of hydrogen-bond donors (Lipinski definition) is 1. The van der Waals surface area contributed by atoms with Crippen LogP contribution in [0.3, 0.4) is 0 Å². The first-order valence-corrected chi connectivity index (χ1v) is 11.4. The Balaban J connectivity index is 1.44. The monoisotopic (exact) mass is 466 g/mol. The van der Waals surface area contributed by atoms with Crippen molar-refractivity contribution in [3.05, 3.63) is 118 Å². The first kappa shape index (κ1) is 22.5. The number of fused-ring (bicyclic) bond motifs is 1. The number of ether oxygens (including phenoxy) is 1. The van der Waals surface area contributed by atoms with Gasteiger partial charge in [-0.1, -0.05) is 60.7 Å². The van der Waals surface area contributed by atoms with E-state index in [1.54, 1.807) is 7.11 Å². The van der Waals surface area contributed by atoms with Gasteiger partial charge in [0.25, 0.3) is 5.56 Å². The van der Waals surface area contributed by atoms with Crippen LogP contribution in [0.2, 0.25) is 0 Å². The van der Waals surface area contributed by atoms with E-state index in [2.05, 4.69) is 49.7 Å². The molecule has 0 aliphatic carbocycles. The number of nitrogens with one attached hydrogen (secondary N) is 1. The van der Waals surface area contributed by atoms with E-state index >= 15 is 0 Å². The van der Waals surface area contributed by atoms with Gasteiger partial charge in [0.15, 0.2) is 5.82 Å². The highest BCUT2D eigenvalue weighted by Crippen LogP contribution is 2.20. The molecule has 2 aromatic heterocycles. The lowest BCUT2D eigenvalue weighted by Crippen LogP contribution is -2.28. The maximum absolute atomic E-state index is 12.9. The van der Waals surface area contributed by atoms with E-state index in [1.807, 2.05) is 65.3 Å². The highest BCUT2D eigenvalue weighted by Gasteiger charge is 2.16. The molecule has 0 spiro atoms. The minimum Gasteiger partial charge on any atom is -0.497 e. The molecule has 0 fully saturated rings. The summed E-state index contributed by atoms with van der Waals surface area (Å²) in [5.41, 5.74) is 3.61. The SMILES string of the molecule is COc1ccc2[nH]c(=O)c(CN(Cc3ccccc3)Cc3nnnn3Cc3ccccc3)cc2c1. The van der Waals surface area contributed by atoms with Crippen LogP contribution in [0, 0.1) is 0 Å². The summed E-state index contributed by atoms with van der Waals surface area (Å²) in [6.07, 6.45) is 0. The third-order valence-corrected chi connectivity index (χ3v) is 5.92. The number of rotatable bonds is 9. The summed E-state index contributed by atoms with van der Waals surface area (Å²) in [5, 5.41) is 13.3. The fraction of sp³-hybridized carbons (Fsp3) is 0.185. The van der Waals surface area contributed by atoms with Gasteiger partial charge in [-0.3, -0.25) is 9.69 Å². The molecule has 0 unspecified atom stereocenters. The Kier molecular flexibility index (Phi) is 6.63. The summed E-state index contributed by atoms with van der Waals surface area (Å²) >= 11 is 0. The van der Waals surface area contributed by atoms with E-state index in [9.17, 15) is 4.79 Å². The Hall–Kier alpha value is -4.30. The first-order valence-electron chi connectivity index (χ1n) is 11.4. The molecule has 0 radical (unpaired) electrons. The van der Waals surface area contributed by atoms with Crippen molar-refractivity contribution < 1.29 is 4.74 Å². The van der Waals surface area contributed by atoms with Gasteiger partial charge in [-0.05, 0) is 45.8 Å². The molecule has 0 atom stereocenters. The van der Waals surface area contributed by atoms with Crippen LogP contribution in [-0.4, -0.2) is 37.2 Å². The summed E-state index contributed by atoms with van der Waals surface area (Å²) < 4.78 is 7.17. The quantitative estimate of drug-likeness (QED) is 0.356. The van der Waals surface area contributed by atoms with E-state index in [0.29, 0.717) is 31.7 Å². The van der Waals surface area contributed by atoms with Crippen LogP contribution in [0.1, 0.15) is 22.5 Å². The maximum atomic E-state index is 12.9. The smallest absolute Gasteiger partial charge is 0.252 e. The van der Waals surface area contributed by atoms with Crippen molar-refractivity contribution >= 4 is 10.9 Å². The summed E-state index contributed by atoms with van der Waals surface area (Å²) in [4.78, 5) is 18.1. The molecular weight excluding hydrogens is 440 g/mol. The lowest BCUT2D eigenvalue weighted by atomic mass is 10.1. The number of benzene rings is 3. The number of aromatic amines is 1. The lowest BCUT2D eigenvalue weighted by molar-refractivity contribution is 0.236. The van der Waals surface area contributed by atoms with Crippen LogP contribution in [-0.2, 0) is 26.2 Å². The minimum atomic E-state index is -0.107. The Morgan fingerprint density at radius 3 is 2.37 bits per heavy atom. The van der Waals surface area contributed by atoms with Crippen molar-refractivity contribution in [1.82, 2.24) is 30.1 Å². The van der Waals surface area contributed by atoms with Gasteiger partial charge in [0.2, 0.25) is 0 Å². The molecule has 0 aliphatic rings. The van der Waals surface area contributed by atoms with Gasteiger partial charge in [-0.2, -0.15) is 0 Å². The molecule has 2 heterocycles. The highest BCUT2D eigenvalue weighted by molar-refractivity contribution is 5.80. The van der Waals surface area contributed by atoms with Gasteiger partial charge in [0, 0.05) is 29.6 Å². The Morgan fingerprint density at radius 2 is 1.63 bits per heavy atom. The number of hydrogen-bond acceptors (Lipinski definition) is 6. The number of H-pyrrole nitrogens is 1. The van der Waals surface area contributed by atoms with Crippen molar-refractivity contribution in [2.75, 3.05) is 7.11 Å². The summed E-state index contributed by atoms with van der Waals surface area (Å²) in [6.45, 7) is 2.16. The van der Waals surface area contributed by atoms with Gasteiger partial charge < -0.3 is 9.72 Å². The lowest BCUT2D eigenvalue weighted by Gasteiger charge is -2.22. The van der Waals surface area contributed by atoms with Gasteiger partial charge in [-0.25, -0.2) is 4.68 Å². The molecule has 0 amide bonds. The van der Waals surface area contributed by atoms with Gasteiger partial charge in [-0.15, -0.1) is 5.10 Å². The Morgan fingerprint density at radius 1 is 0.886 bits per heavy atom. The zero-order valence-electron chi connectivity index (χ0n) is 19.5. The summed E-state index contributed by atoms with van der Waals surface area (Å²) in [6, 6.07) is 27.8. The second-order valence-electron chi connectivity index (χ2n) is 8.45. The largest absolute Gasteiger partial charge is 0.497 e. The number of nitrogens with zero attached hydrogens (tertiary/aromatic N) is 5. The molecular formula is C27H26N6O2. The fourth-order valence-electron chi connectivity index (χ4n) is 4.14. The summed E-state index contributed by atoms with van der Waals surface area (Å²) in [5.74, 6) is 1.49. The van der Waals surface area contributed by atoms with Crippen molar-refractivity contribution in [2.45, 2.75) is 26.2 Å². The molecule has 35 heavy (non-hydrogen) atoms. The minimum absolute atomic E-state index is 0.107. The standard InChI is InChI=1S/C27H26N6O2/c1-35-24-12-13-25-22(15-24)14-23(27(34)28-25)18-32(16-20-8-4-2-5-9-20)19-26-29-30-31-33(26)17-21-10-6-3-7-11-21/h2-15H,16-19H2,1H3,(H,28,34). The molecule has 8 heteroatoms. The Bertz CT molecular complexity index is 1460. The van der Waals surface area contributed by atoms with Crippen molar-refractivity contribution in [1.29, 1.82) is 0 Å². The number of methoxy groups -OCH3 is 1. The third-order valence-electron chi connectivity index (χ3n) is 5.92. The molecule has 3 aromatic carbocycles. The van der Waals surface area contributed by atoms with Crippen LogP contribution in [0.25, 0.3) is 10.9 Å². The molecule has 0 bridgehead atoms. The second-order valence-corrected chi connectivity index (χ2v) is 8.45. The van der Waals surface area contributed by atoms with Crippen molar-refractivity contribution in [3.8, 4) is 5.75 Å². The number of pyridine rings is 1. The van der Waals surface area contributed by atoms with Crippen LogP contribution >= 0.6 is 0 Å². The van der Waals surface area contributed by atoms with E-state index in [0.717, 1.165) is 33.6 Å². The van der Waals surface area contributed by atoms with Crippen LogP contribution in [0.4, 0.5) is 0 Å². The van der Waals surface area contributed by atoms with Crippen LogP contribution in [0.5, 0.6) is 5.75 Å². The molecule has 176 valence electrons. The predicted molar refractivity (Wildman–Crippen MR) is 134 cm³/mol. The van der Waals surface area contributed by atoms with Crippen molar-refractivity contribution in [3.63, 3.8) is 0 Å². The predicted octanol–water partition coefficient (Wildman–Crippen LogP) is 3.77. The van der Waals surface area contributed by atoms with E-state index in [-0.39, 0.29) is 5.56 Å². The zero-order chi connectivity index (χ0) is 24.0. The van der Waals surface area contributed by atoms with Gasteiger partial charge in [0.1, 0.15) is 5.75 Å². The Labute approximate surface area is 202 Å². The highest BCUT2D eigenvalue weighted by atomic mass is 16.5. The van der Waals surface area contributed by atoms with E-state index in [1.165, 1.54) is 0 Å².